The molecule has 2 aliphatic rings. The molecule has 0 saturated carbocycles. The van der Waals surface area contributed by atoms with Gasteiger partial charge in [0.05, 0.1) is 74.7 Å². The second-order valence-corrected chi connectivity index (χ2v) is 25.7. The summed E-state index contributed by atoms with van der Waals surface area (Å²) in [4.78, 5) is 28.8. The number of sulfonamides is 2. The summed E-state index contributed by atoms with van der Waals surface area (Å²) in [7, 11) is 0.244. The molecule has 4 aromatic rings. The summed E-state index contributed by atoms with van der Waals surface area (Å²) in [5, 5.41) is 13.2. The number of fused-ring (bicyclic) bond motifs is 2. The summed E-state index contributed by atoms with van der Waals surface area (Å²) < 4.78 is 93.6. The number of urea groups is 2. The van der Waals surface area contributed by atoms with Crippen LogP contribution >= 0.6 is 46.4 Å². The number of carbonyl (C=O) groups excluding carboxylic acids is 2. The van der Waals surface area contributed by atoms with Gasteiger partial charge in [0.1, 0.15) is 23.7 Å². The van der Waals surface area contributed by atoms with E-state index in [1.54, 1.807) is 50.2 Å². The number of rotatable bonds is 33. The van der Waals surface area contributed by atoms with Gasteiger partial charge in [-0.3, -0.25) is 0 Å². The lowest BCUT2D eigenvalue weighted by Gasteiger charge is -2.28. The van der Waals surface area contributed by atoms with Crippen LogP contribution in [0.25, 0.3) is 0 Å². The number of unbranched alkanes of at least 4 members (excludes halogenated alkanes) is 1. The number of carbonyl (C=O) groups is 2. The summed E-state index contributed by atoms with van der Waals surface area (Å²) in [5.41, 5.74) is 6.23. The van der Waals surface area contributed by atoms with E-state index in [9.17, 15) is 26.4 Å². The van der Waals surface area contributed by atoms with Gasteiger partial charge in [0.25, 0.3) is 0 Å². The summed E-state index contributed by atoms with van der Waals surface area (Å²) >= 11 is 25.8. The van der Waals surface area contributed by atoms with Gasteiger partial charge >= 0.3 is 12.1 Å². The predicted molar refractivity (Wildman–Crippen MR) is 320 cm³/mol. The number of hydrogen-bond acceptors (Lipinski definition) is 14. The van der Waals surface area contributed by atoms with Crippen LogP contribution in [0.4, 0.5) is 9.59 Å². The number of nitrogens with one attached hydrogen (secondary N) is 6. The van der Waals surface area contributed by atoms with Crippen molar-refractivity contribution in [2.45, 2.75) is 87.5 Å². The molecule has 0 unspecified atom stereocenters. The zero-order valence-electron chi connectivity index (χ0n) is 47.8. The van der Waals surface area contributed by atoms with Gasteiger partial charge in [0, 0.05) is 70.5 Å². The average Bonchev–Trinajstić information content (AvgIpc) is 3.14. The Labute approximate surface area is 503 Å². The smallest absolute Gasteiger partial charge is 0.314 e. The SMILES string of the molecule is Cc1cc(S(=O)(=O)NCCOCCOCCNC(=O)NCCCCNC(=O)NCCOCCOCCNS(=O)(=O)c2cc(C)c(O[C@H]3c4cc(Cl)cc(Cl)c4C[C@@H]3N(C)C)cc2C)c(C)cc1O[C@H]1c2cc(Cl)cc(Cl)c2C[C@@H]1N(C)C. The Kier molecular flexibility index (Phi) is 25.9. The Hall–Kier alpha value is -4.24. The van der Waals surface area contributed by atoms with Crippen LogP contribution in [0.5, 0.6) is 11.5 Å². The number of hydrogen-bond donors (Lipinski definition) is 6. The fourth-order valence-electron chi connectivity index (χ4n) is 9.60. The highest BCUT2D eigenvalue weighted by molar-refractivity contribution is 7.89. The highest BCUT2D eigenvalue weighted by atomic mass is 35.5. The van der Waals surface area contributed by atoms with Gasteiger partial charge in [-0.25, -0.2) is 35.9 Å². The molecule has 2 aliphatic carbocycles. The van der Waals surface area contributed by atoms with Crippen molar-refractivity contribution >= 4 is 78.5 Å². The highest BCUT2D eigenvalue weighted by Crippen LogP contribution is 2.45. The molecule has 0 aliphatic heterocycles. The van der Waals surface area contributed by atoms with Crippen molar-refractivity contribution in [3.8, 4) is 11.5 Å². The standard InChI is InChI=1S/C56H78Cl4N8O12S2/c1-35-27-51(37(3)25-49(35)79-53-43-29-39(57)31-45(59)41(43)33-47(53)67(5)6)81(71,72)65-15-19-77-23-21-75-17-13-63-55(69)61-11-9-10-12-62-56(70)64-14-18-76-22-24-78-20-16-66-82(73,74)52-28-36(2)50(26-38(52)4)80-54-44-30-40(58)32-46(60)42(44)34-48(54)68(7)8/h25-32,47-48,53-54,65-66H,9-24,33-34H2,1-8H3,(H2,61,63,69)(H2,62,64,70)/t47-,48-,53-,54-/m0/s1. The zero-order chi connectivity index (χ0) is 59.7. The summed E-state index contributed by atoms with van der Waals surface area (Å²) in [6.45, 7) is 10.4. The maximum atomic E-state index is 13.3. The van der Waals surface area contributed by atoms with E-state index in [0.717, 1.165) is 22.3 Å². The van der Waals surface area contributed by atoms with Gasteiger partial charge in [-0.05, 0) is 163 Å². The second kappa shape index (κ2) is 31.8. The number of aryl methyl sites for hydroxylation is 4. The van der Waals surface area contributed by atoms with E-state index >= 15 is 0 Å². The lowest BCUT2D eigenvalue weighted by atomic mass is 10.1. The van der Waals surface area contributed by atoms with Crippen LogP contribution < -0.4 is 40.2 Å². The Bertz CT molecular complexity index is 2850. The van der Waals surface area contributed by atoms with Crippen molar-refractivity contribution in [3.63, 3.8) is 0 Å². The minimum Gasteiger partial charge on any atom is -0.484 e. The fourth-order valence-corrected chi connectivity index (χ4v) is 13.4. The lowest BCUT2D eigenvalue weighted by molar-refractivity contribution is 0.0516. The van der Waals surface area contributed by atoms with Crippen LogP contribution in [-0.4, -0.2) is 171 Å². The quantitative estimate of drug-likeness (QED) is 0.0254. The third-order valence-corrected chi connectivity index (χ3v) is 18.3. The van der Waals surface area contributed by atoms with Crippen LogP contribution in [0.15, 0.2) is 58.3 Å². The van der Waals surface area contributed by atoms with Crippen LogP contribution in [0, 0.1) is 27.7 Å². The van der Waals surface area contributed by atoms with Gasteiger partial charge in [-0.15, -0.1) is 0 Å². The zero-order valence-corrected chi connectivity index (χ0v) is 52.4. The van der Waals surface area contributed by atoms with E-state index in [4.69, 9.17) is 74.8 Å². The molecule has 454 valence electrons. The topological polar surface area (TPSA) is 236 Å². The third-order valence-electron chi connectivity index (χ3n) is 13.9. The molecule has 20 nitrogen and oxygen atoms in total. The number of nitrogens with zero attached hydrogens (tertiary/aromatic N) is 2. The maximum absolute atomic E-state index is 13.3. The molecular formula is C56H78Cl4N8O12S2. The molecule has 0 heterocycles. The first-order valence-corrected chi connectivity index (χ1v) is 31.6. The highest BCUT2D eigenvalue weighted by Gasteiger charge is 2.39. The second-order valence-electron chi connectivity index (χ2n) is 20.5. The summed E-state index contributed by atoms with van der Waals surface area (Å²) in [5.74, 6) is 1.15. The molecule has 0 aromatic heterocycles. The normalized spacial score (nSPS) is 16.8. The van der Waals surface area contributed by atoms with E-state index in [1.165, 1.54) is 0 Å². The molecule has 4 aromatic carbocycles. The van der Waals surface area contributed by atoms with E-state index in [0.29, 0.717) is 92.6 Å². The van der Waals surface area contributed by atoms with E-state index in [1.807, 2.05) is 54.2 Å². The molecule has 4 amide bonds. The molecule has 0 fully saturated rings. The van der Waals surface area contributed by atoms with E-state index < -0.39 is 20.0 Å². The summed E-state index contributed by atoms with van der Waals surface area (Å²) in [6, 6.07) is 13.3. The number of halogens is 4. The Morgan fingerprint density at radius 3 is 1.17 bits per heavy atom. The minimum atomic E-state index is -3.84. The molecule has 26 heteroatoms. The van der Waals surface area contributed by atoms with Crippen LogP contribution in [0.2, 0.25) is 20.1 Å². The van der Waals surface area contributed by atoms with E-state index in [2.05, 4.69) is 40.5 Å². The molecular weight excluding hydrogens is 1180 g/mol. The largest absolute Gasteiger partial charge is 0.484 e. The van der Waals surface area contributed by atoms with Crippen LogP contribution in [-0.2, 0) is 51.8 Å². The molecule has 0 radical (unpaired) electrons. The minimum absolute atomic E-state index is 0.00800. The Morgan fingerprint density at radius 2 is 0.817 bits per heavy atom. The molecule has 6 rings (SSSR count). The summed E-state index contributed by atoms with van der Waals surface area (Å²) in [6.07, 6.45) is 1.99. The Balaban J connectivity index is 0.722. The molecule has 4 atom stereocenters. The van der Waals surface area contributed by atoms with Crippen molar-refractivity contribution < 1.29 is 54.8 Å². The first-order chi connectivity index (χ1) is 39.0. The van der Waals surface area contributed by atoms with Crippen LogP contribution in [0.3, 0.4) is 0 Å². The average molecular weight is 1260 g/mol. The maximum Gasteiger partial charge on any atom is 0.314 e. The van der Waals surface area contributed by atoms with Gasteiger partial charge in [-0.1, -0.05) is 46.4 Å². The number of benzene rings is 4. The number of amides is 4. The number of ether oxygens (including phenoxy) is 6. The predicted octanol–water partition coefficient (Wildman–Crippen LogP) is 7.45. The first-order valence-electron chi connectivity index (χ1n) is 27.1. The van der Waals surface area contributed by atoms with Gasteiger partial charge in [-0.2, -0.15) is 0 Å². The van der Waals surface area contributed by atoms with Crippen molar-refractivity contribution in [1.82, 2.24) is 40.5 Å². The van der Waals surface area contributed by atoms with E-state index in [-0.39, 0.29) is 125 Å². The molecule has 6 N–H and O–H groups in total. The number of likely N-dealkylation sites (N-methyl/N-ethyl adjacent to an activating group) is 2. The molecule has 0 bridgehead atoms. The third kappa shape index (κ3) is 19.1. The van der Waals surface area contributed by atoms with Gasteiger partial charge < -0.3 is 59.5 Å². The first kappa shape index (κ1) is 66.9. The van der Waals surface area contributed by atoms with Crippen molar-refractivity contribution in [2.75, 3.05) is 120 Å². The molecule has 0 spiro atoms. The Morgan fingerprint density at radius 1 is 0.476 bits per heavy atom. The monoisotopic (exact) mass is 1260 g/mol. The van der Waals surface area contributed by atoms with Crippen molar-refractivity contribution in [2.24, 2.45) is 0 Å². The molecule has 82 heavy (non-hydrogen) atoms. The van der Waals surface area contributed by atoms with Crippen molar-refractivity contribution in [3.05, 3.63) is 113 Å². The van der Waals surface area contributed by atoms with Crippen molar-refractivity contribution in [1.29, 1.82) is 0 Å². The molecule has 0 saturated heterocycles. The fraction of sp³-hybridized carbons (Fsp3) is 0.536. The van der Waals surface area contributed by atoms with Gasteiger partial charge in [0.2, 0.25) is 20.0 Å². The van der Waals surface area contributed by atoms with Crippen LogP contribution in [0.1, 0.15) is 69.6 Å². The lowest BCUT2D eigenvalue weighted by Crippen LogP contribution is -2.39. The van der Waals surface area contributed by atoms with Gasteiger partial charge in [0.15, 0.2) is 0 Å².